The summed E-state index contributed by atoms with van der Waals surface area (Å²) >= 11 is 3.59. The SMILES string of the molecule is CN1C(=O)[C@@]2(C=COc3c2c(-c2ccccc2)nn3-c2ccccc2)c2cc(Br)ccc21. The average Bonchev–Trinajstić information content (AvgIpc) is 3.32. The predicted molar refractivity (Wildman–Crippen MR) is 127 cm³/mol. The van der Waals surface area contributed by atoms with Crippen molar-refractivity contribution in [3.63, 3.8) is 0 Å². The summed E-state index contributed by atoms with van der Waals surface area (Å²) in [6.07, 6.45) is 3.47. The molecule has 0 saturated carbocycles. The Morgan fingerprint density at radius 1 is 0.969 bits per heavy atom. The van der Waals surface area contributed by atoms with E-state index >= 15 is 0 Å². The van der Waals surface area contributed by atoms with E-state index in [9.17, 15) is 4.79 Å². The molecule has 0 fully saturated rings. The Balaban J connectivity index is 1.72. The molecule has 3 aromatic carbocycles. The van der Waals surface area contributed by atoms with E-state index in [1.165, 1.54) is 0 Å². The minimum absolute atomic E-state index is 0.0313. The maximum absolute atomic E-state index is 13.9. The van der Waals surface area contributed by atoms with Gasteiger partial charge in [0.05, 0.1) is 17.5 Å². The van der Waals surface area contributed by atoms with Crippen LogP contribution in [0.5, 0.6) is 5.88 Å². The van der Waals surface area contributed by atoms with Gasteiger partial charge in [-0.15, -0.1) is 0 Å². The number of nitrogens with zero attached hydrogens (tertiary/aromatic N) is 3. The van der Waals surface area contributed by atoms with Crippen LogP contribution in [0.2, 0.25) is 0 Å². The molecule has 2 aliphatic rings. The molecule has 156 valence electrons. The molecule has 0 radical (unpaired) electrons. The summed E-state index contributed by atoms with van der Waals surface area (Å²) < 4.78 is 8.76. The molecule has 0 bridgehead atoms. The van der Waals surface area contributed by atoms with Gasteiger partial charge in [0.15, 0.2) is 0 Å². The quantitative estimate of drug-likeness (QED) is 0.379. The minimum atomic E-state index is -1.03. The predicted octanol–water partition coefficient (Wildman–Crippen LogP) is 5.47. The molecule has 2 aliphatic heterocycles. The Hall–Kier alpha value is -3.64. The molecule has 4 aromatic rings. The Labute approximate surface area is 193 Å². The Morgan fingerprint density at radius 2 is 1.69 bits per heavy atom. The van der Waals surface area contributed by atoms with Crippen LogP contribution in [0.3, 0.4) is 0 Å². The number of amides is 1. The first-order valence-corrected chi connectivity index (χ1v) is 11.1. The highest BCUT2D eigenvalue weighted by molar-refractivity contribution is 9.10. The number of likely N-dealkylation sites (N-methyl/N-ethyl adjacent to an activating group) is 1. The smallest absolute Gasteiger partial charge is 0.246 e. The van der Waals surface area contributed by atoms with Crippen molar-refractivity contribution in [1.82, 2.24) is 9.78 Å². The lowest BCUT2D eigenvalue weighted by molar-refractivity contribution is -0.120. The first-order chi connectivity index (χ1) is 15.6. The van der Waals surface area contributed by atoms with Gasteiger partial charge in [-0.3, -0.25) is 4.79 Å². The van der Waals surface area contributed by atoms with Crippen LogP contribution in [-0.4, -0.2) is 22.7 Å². The van der Waals surface area contributed by atoms with Crippen LogP contribution in [-0.2, 0) is 10.2 Å². The normalized spacial score (nSPS) is 18.6. The van der Waals surface area contributed by atoms with Crippen LogP contribution in [0, 0.1) is 0 Å². The van der Waals surface area contributed by atoms with Crippen LogP contribution in [0.15, 0.2) is 95.7 Å². The van der Waals surface area contributed by atoms with Gasteiger partial charge >= 0.3 is 0 Å². The second-order valence-corrected chi connectivity index (χ2v) is 8.81. The largest absolute Gasteiger partial charge is 0.447 e. The van der Waals surface area contributed by atoms with Crippen molar-refractivity contribution in [2.24, 2.45) is 0 Å². The van der Waals surface area contributed by atoms with E-state index in [0.717, 1.165) is 38.2 Å². The van der Waals surface area contributed by atoms with Crippen molar-refractivity contribution in [3.8, 4) is 22.8 Å². The molecule has 0 aliphatic carbocycles. The molecular weight excluding hydrogens is 466 g/mol. The fraction of sp³-hybridized carbons (Fsp3) is 0.0769. The zero-order chi connectivity index (χ0) is 21.9. The molecule has 6 rings (SSSR count). The van der Waals surface area contributed by atoms with E-state index in [-0.39, 0.29) is 5.91 Å². The number of halogens is 1. The van der Waals surface area contributed by atoms with Crippen LogP contribution in [0.1, 0.15) is 11.1 Å². The van der Waals surface area contributed by atoms with Gasteiger partial charge in [-0.25, -0.2) is 0 Å². The molecule has 1 spiro atoms. The number of hydrogen-bond acceptors (Lipinski definition) is 3. The molecule has 0 unspecified atom stereocenters. The van der Waals surface area contributed by atoms with Crippen molar-refractivity contribution >= 4 is 27.5 Å². The fourth-order valence-electron chi connectivity index (χ4n) is 4.70. The fourth-order valence-corrected chi connectivity index (χ4v) is 5.06. The standard InChI is InChI=1S/C26H18BrN3O2/c1-29-21-13-12-18(27)16-20(21)26(25(29)31)14-15-32-24-22(26)23(17-8-4-2-5-9-17)28-30(24)19-10-6-3-7-11-19/h2-16H,1H3/t26-/m0/s1. The summed E-state index contributed by atoms with van der Waals surface area (Å²) in [7, 11) is 1.82. The number of anilines is 1. The molecule has 1 amide bonds. The van der Waals surface area contributed by atoms with Crippen molar-refractivity contribution in [1.29, 1.82) is 0 Å². The Morgan fingerprint density at radius 3 is 2.44 bits per heavy atom. The monoisotopic (exact) mass is 483 g/mol. The number of hydrogen-bond donors (Lipinski definition) is 0. The maximum Gasteiger partial charge on any atom is 0.246 e. The molecule has 3 heterocycles. The minimum Gasteiger partial charge on any atom is -0.447 e. The van der Waals surface area contributed by atoms with Crippen molar-refractivity contribution in [2.75, 3.05) is 11.9 Å². The molecule has 5 nitrogen and oxygen atoms in total. The number of fused-ring (bicyclic) bond motifs is 4. The van der Waals surface area contributed by atoms with E-state index in [2.05, 4.69) is 15.9 Å². The molecule has 6 heteroatoms. The number of aromatic nitrogens is 2. The van der Waals surface area contributed by atoms with Gasteiger partial charge in [-0.05, 0) is 36.4 Å². The summed E-state index contributed by atoms with van der Waals surface area (Å²) in [5.41, 5.74) is 4.03. The van der Waals surface area contributed by atoms with Crippen molar-refractivity contribution in [3.05, 3.63) is 107 Å². The van der Waals surface area contributed by atoms with E-state index in [0.29, 0.717) is 5.88 Å². The van der Waals surface area contributed by atoms with Gasteiger partial charge in [-0.1, -0.05) is 64.5 Å². The number of para-hydroxylation sites is 1. The molecule has 32 heavy (non-hydrogen) atoms. The summed E-state index contributed by atoms with van der Waals surface area (Å²) in [6, 6.07) is 25.7. The number of ether oxygens (including phenoxy) is 1. The average molecular weight is 484 g/mol. The molecule has 1 aromatic heterocycles. The lowest BCUT2D eigenvalue weighted by Gasteiger charge is -2.29. The summed E-state index contributed by atoms with van der Waals surface area (Å²) in [5.74, 6) is 0.517. The highest BCUT2D eigenvalue weighted by Gasteiger charge is 2.55. The third-order valence-corrected chi connectivity index (χ3v) is 6.66. The zero-order valence-corrected chi connectivity index (χ0v) is 18.8. The van der Waals surface area contributed by atoms with Gasteiger partial charge in [0, 0.05) is 28.3 Å². The van der Waals surface area contributed by atoms with Gasteiger partial charge in [0.25, 0.3) is 0 Å². The van der Waals surface area contributed by atoms with Gasteiger partial charge in [0.1, 0.15) is 11.1 Å². The van der Waals surface area contributed by atoms with E-state index < -0.39 is 5.41 Å². The number of carbonyl (C=O) groups excluding carboxylic acids is 1. The van der Waals surface area contributed by atoms with Crippen LogP contribution in [0.25, 0.3) is 16.9 Å². The lowest BCUT2D eigenvalue weighted by atomic mass is 9.73. The summed E-state index contributed by atoms with van der Waals surface area (Å²) in [6.45, 7) is 0. The van der Waals surface area contributed by atoms with Gasteiger partial charge < -0.3 is 9.64 Å². The first-order valence-electron chi connectivity index (χ1n) is 10.3. The Bertz CT molecular complexity index is 1400. The van der Waals surface area contributed by atoms with Gasteiger partial charge in [0.2, 0.25) is 11.8 Å². The third kappa shape index (κ3) is 2.50. The highest BCUT2D eigenvalue weighted by Crippen LogP contribution is 2.54. The highest BCUT2D eigenvalue weighted by atomic mass is 79.9. The number of carbonyl (C=O) groups is 1. The van der Waals surface area contributed by atoms with Crippen molar-refractivity contribution in [2.45, 2.75) is 5.41 Å². The third-order valence-electron chi connectivity index (χ3n) is 6.17. The Kier molecular flexibility index (Phi) is 4.13. The number of rotatable bonds is 2. The van der Waals surface area contributed by atoms with E-state index in [1.54, 1.807) is 15.8 Å². The zero-order valence-electron chi connectivity index (χ0n) is 17.2. The summed E-state index contributed by atoms with van der Waals surface area (Å²) in [5, 5.41) is 4.98. The lowest BCUT2D eigenvalue weighted by Crippen LogP contribution is -2.39. The second kappa shape index (κ2) is 6.93. The number of benzene rings is 3. The van der Waals surface area contributed by atoms with Crippen molar-refractivity contribution < 1.29 is 9.53 Å². The first kappa shape index (κ1) is 19.1. The molecular formula is C26H18BrN3O2. The molecule has 0 saturated heterocycles. The van der Waals surface area contributed by atoms with E-state index in [1.807, 2.05) is 92.0 Å². The van der Waals surface area contributed by atoms with E-state index in [4.69, 9.17) is 9.84 Å². The second-order valence-electron chi connectivity index (χ2n) is 7.90. The van der Waals surface area contributed by atoms with Crippen LogP contribution in [0.4, 0.5) is 5.69 Å². The molecule has 1 atom stereocenters. The van der Waals surface area contributed by atoms with Crippen LogP contribution < -0.4 is 9.64 Å². The molecule has 0 N–H and O–H groups in total. The maximum atomic E-state index is 13.9. The van der Waals surface area contributed by atoms with Gasteiger partial charge in [-0.2, -0.15) is 9.78 Å². The topological polar surface area (TPSA) is 47.4 Å². The summed E-state index contributed by atoms with van der Waals surface area (Å²) in [4.78, 5) is 15.6. The van der Waals surface area contributed by atoms with Crippen LogP contribution >= 0.6 is 15.9 Å².